The predicted molar refractivity (Wildman–Crippen MR) is 138 cm³/mol. The van der Waals surface area contributed by atoms with E-state index in [4.69, 9.17) is 0 Å². The lowest BCUT2D eigenvalue weighted by Gasteiger charge is -2.10. The minimum absolute atomic E-state index is 0.0423. The first-order chi connectivity index (χ1) is 15.8. The van der Waals surface area contributed by atoms with Crippen LogP contribution in [-0.2, 0) is 16.4 Å². The van der Waals surface area contributed by atoms with Gasteiger partial charge in [-0.05, 0) is 69.4 Å². The third-order valence-corrected chi connectivity index (χ3v) is 8.22. The van der Waals surface area contributed by atoms with Crippen LogP contribution < -0.4 is 4.72 Å². The molecule has 0 bridgehead atoms. The quantitative estimate of drug-likeness (QED) is 0.267. The molecule has 0 spiro atoms. The molecule has 0 aliphatic heterocycles. The number of aryl methyl sites for hydroxylation is 1. The Morgan fingerprint density at radius 1 is 1.03 bits per heavy atom. The number of fused-ring (bicyclic) bond motifs is 2. The molecule has 7 heteroatoms. The number of carbonyl (C=O) groups is 1. The number of H-pyrrole nitrogens is 1. The zero-order chi connectivity index (χ0) is 23.6. The number of rotatable bonds is 8. The van der Waals surface area contributed by atoms with E-state index in [1.54, 1.807) is 12.1 Å². The van der Waals surface area contributed by atoms with Crippen LogP contribution in [0.5, 0.6) is 0 Å². The van der Waals surface area contributed by atoms with Crippen molar-refractivity contribution in [1.29, 1.82) is 0 Å². The van der Waals surface area contributed by atoms with E-state index in [0.717, 1.165) is 50.4 Å². The van der Waals surface area contributed by atoms with Crippen LogP contribution in [0.3, 0.4) is 0 Å². The fourth-order valence-electron chi connectivity index (χ4n) is 4.15. The first-order valence-electron chi connectivity index (χ1n) is 11.1. The van der Waals surface area contributed by atoms with Gasteiger partial charge in [-0.15, -0.1) is 0 Å². The molecule has 4 rings (SSSR count). The molecule has 3 aromatic carbocycles. The lowest BCUT2D eigenvalue weighted by atomic mass is 9.98. The lowest BCUT2D eigenvalue weighted by Crippen LogP contribution is -2.32. The fraction of sp³-hybridized carbons (Fsp3) is 0.269. The van der Waals surface area contributed by atoms with Gasteiger partial charge in [0.2, 0.25) is 10.0 Å². The molecule has 1 aromatic heterocycles. The average molecular weight is 527 g/mol. The summed E-state index contributed by atoms with van der Waals surface area (Å²) >= 11 is 3.77. The van der Waals surface area contributed by atoms with Gasteiger partial charge in [0.15, 0.2) is 0 Å². The summed E-state index contributed by atoms with van der Waals surface area (Å²) < 4.78 is 27.8. The molecule has 1 heterocycles. The van der Waals surface area contributed by atoms with Gasteiger partial charge >= 0.3 is 0 Å². The molecule has 0 saturated carbocycles. The fourth-order valence-corrected chi connectivity index (χ4v) is 5.87. The van der Waals surface area contributed by atoms with Gasteiger partial charge < -0.3 is 4.98 Å². The molecule has 0 saturated heterocycles. The van der Waals surface area contributed by atoms with Crippen LogP contribution in [0, 0.1) is 6.92 Å². The highest BCUT2D eigenvalue weighted by atomic mass is 79.9. The van der Waals surface area contributed by atoms with Crippen molar-refractivity contribution in [2.45, 2.75) is 39.5 Å². The van der Waals surface area contributed by atoms with E-state index >= 15 is 0 Å². The Morgan fingerprint density at radius 3 is 2.61 bits per heavy atom. The monoisotopic (exact) mass is 526 g/mol. The first-order valence-corrected chi connectivity index (χ1v) is 13.6. The van der Waals surface area contributed by atoms with Gasteiger partial charge in [0, 0.05) is 33.1 Å². The van der Waals surface area contributed by atoms with E-state index in [9.17, 15) is 13.2 Å². The van der Waals surface area contributed by atoms with E-state index < -0.39 is 15.9 Å². The Labute approximate surface area is 202 Å². The zero-order valence-electron chi connectivity index (χ0n) is 18.7. The summed E-state index contributed by atoms with van der Waals surface area (Å²) in [5.74, 6) is -0.635. The maximum atomic E-state index is 12.7. The van der Waals surface area contributed by atoms with Gasteiger partial charge in [-0.25, -0.2) is 13.1 Å². The molecule has 0 unspecified atom stereocenters. The molecule has 5 nitrogen and oxygen atoms in total. The van der Waals surface area contributed by atoms with Gasteiger partial charge in [0.05, 0.1) is 5.75 Å². The molecule has 0 aliphatic carbocycles. The minimum atomic E-state index is -3.65. The van der Waals surface area contributed by atoms with E-state index in [1.165, 1.54) is 5.39 Å². The van der Waals surface area contributed by atoms with E-state index in [0.29, 0.717) is 18.4 Å². The van der Waals surface area contributed by atoms with Crippen LogP contribution >= 0.6 is 15.9 Å². The van der Waals surface area contributed by atoms with Gasteiger partial charge in [-0.1, -0.05) is 56.2 Å². The van der Waals surface area contributed by atoms with E-state index in [-0.39, 0.29) is 5.75 Å². The van der Waals surface area contributed by atoms with Crippen molar-refractivity contribution in [3.05, 3.63) is 81.5 Å². The van der Waals surface area contributed by atoms with Crippen LogP contribution in [0.25, 0.3) is 21.7 Å². The molecular weight excluding hydrogens is 500 g/mol. The molecule has 1 amide bonds. The van der Waals surface area contributed by atoms with Gasteiger partial charge in [-0.3, -0.25) is 4.79 Å². The third kappa shape index (κ3) is 5.14. The number of carbonyl (C=O) groups excluding carboxylic acids is 1. The smallest absolute Gasteiger partial charge is 0.264 e. The number of aromatic nitrogens is 1. The number of benzene rings is 3. The standard InChI is InChI=1S/C26H27BrN2O3S/c1-3-4-7-14-33(31,32)29-26(30)20-12-13-24-23(16-20)22(17(2)28-24)15-19-11-10-18-8-5-6-9-21(18)25(19)27/h5-6,8-13,16,28H,3-4,7,14-15H2,1-2H3,(H,29,30). The SMILES string of the molecule is CCCCCS(=O)(=O)NC(=O)c1ccc2[nH]c(C)c(Cc3ccc4ccccc4c3Br)c2c1. The number of hydrogen-bond donors (Lipinski definition) is 2. The minimum Gasteiger partial charge on any atom is -0.358 e. The number of sulfonamides is 1. The van der Waals surface area contributed by atoms with Crippen molar-refractivity contribution in [2.75, 3.05) is 5.75 Å². The number of aromatic amines is 1. The lowest BCUT2D eigenvalue weighted by molar-refractivity contribution is 0.0981. The highest BCUT2D eigenvalue weighted by Crippen LogP contribution is 2.32. The van der Waals surface area contributed by atoms with Gasteiger partial charge in [0.1, 0.15) is 0 Å². The molecule has 33 heavy (non-hydrogen) atoms. The molecule has 0 aliphatic rings. The molecule has 0 radical (unpaired) electrons. The van der Waals surface area contributed by atoms with Crippen LogP contribution in [0.4, 0.5) is 0 Å². The maximum Gasteiger partial charge on any atom is 0.264 e. The van der Waals surface area contributed by atoms with Crippen molar-refractivity contribution >= 4 is 53.5 Å². The van der Waals surface area contributed by atoms with Gasteiger partial charge in [-0.2, -0.15) is 0 Å². The highest BCUT2D eigenvalue weighted by Gasteiger charge is 2.18. The van der Waals surface area contributed by atoms with Crippen molar-refractivity contribution in [1.82, 2.24) is 9.71 Å². The van der Waals surface area contributed by atoms with Crippen molar-refractivity contribution in [3.63, 3.8) is 0 Å². The second-order valence-electron chi connectivity index (χ2n) is 8.38. The van der Waals surface area contributed by atoms with Crippen molar-refractivity contribution in [2.24, 2.45) is 0 Å². The van der Waals surface area contributed by atoms with Crippen LogP contribution in [0.1, 0.15) is 53.4 Å². The van der Waals surface area contributed by atoms with Crippen LogP contribution in [0.15, 0.2) is 59.1 Å². The number of nitrogens with one attached hydrogen (secondary N) is 2. The predicted octanol–water partition coefficient (Wildman–Crippen LogP) is 6.23. The summed E-state index contributed by atoms with van der Waals surface area (Å²) in [7, 11) is -3.65. The van der Waals surface area contributed by atoms with Gasteiger partial charge in [0.25, 0.3) is 5.91 Å². The Balaban J connectivity index is 1.64. The Hall–Kier alpha value is -2.64. The summed E-state index contributed by atoms with van der Waals surface area (Å²) in [6.07, 6.45) is 2.96. The second-order valence-corrected chi connectivity index (χ2v) is 11.0. The molecule has 2 N–H and O–H groups in total. The number of hydrogen-bond acceptors (Lipinski definition) is 3. The first kappa shape index (κ1) is 23.5. The molecular formula is C26H27BrN2O3S. The summed E-state index contributed by atoms with van der Waals surface area (Å²) in [4.78, 5) is 16.1. The van der Waals surface area contributed by atoms with Crippen LogP contribution in [0.2, 0.25) is 0 Å². The van der Waals surface area contributed by atoms with E-state index in [2.05, 4.69) is 49.9 Å². The normalized spacial score (nSPS) is 11.8. The molecule has 4 aromatic rings. The van der Waals surface area contributed by atoms with E-state index in [1.807, 2.05) is 32.0 Å². The molecule has 0 atom stereocenters. The zero-order valence-corrected chi connectivity index (χ0v) is 21.1. The highest BCUT2D eigenvalue weighted by molar-refractivity contribution is 9.10. The second kappa shape index (κ2) is 9.69. The summed E-state index contributed by atoms with van der Waals surface area (Å²) in [5, 5.41) is 3.24. The molecule has 172 valence electrons. The Morgan fingerprint density at radius 2 is 1.82 bits per heavy atom. The average Bonchev–Trinajstić information content (AvgIpc) is 3.09. The number of halogens is 1. The Kier molecular flexibility index (Phi) is 6.91. The third-order valence-electron chi connectivity index (χ3n) is 5.96. The summed E-state index contributed by atoms with van der Waals surface area (Å²) in [5.41, 5.74) is 4.50. The Bertz CT molecular complexity index is 1440. The van der Waals surface area contributed by atoms with Crippen molar-refractivity contribution < 1.29 is 13.2 Å². The van der Waals surface area contributed by atoms with Crippen molar-refractivity contribution in [3.8, 4) is 0 Å². The maximum absolute atomic E-state index is 12.7. The summed E-state index contributed by atoms with van der Waals surface area (Å²) in [6.45, 7) is 4.02. The summed E-state index contributed by atoms with van der Waals surface area (Å²) in [6, 6.07) is 17.7. The number of amides is 1. The van der Waals surface area contributed by atoms with Crippen LogP contribution in [-0.4, -0.2) is 25.1 Å². The topological polar surface area (TPSA) is 79.0 Å². The largest absolute Gasteiger partial charge is 0.358 e. The number of unbranched alkanes of at least 4 members (excludes halogenated alkanes) is 2. The molecule has 0 fully saturated rings.